The Bertz CT molecular complexity index is 849. The molecule has 0 spiro atoms. The number of hydrogen-bond donors (Lipinski definition) is 1. The van der Waals surface area contributed by atoms with Crippen molar-refractivity contribution >= 4 is 29.1 Å². The monoisotopic (exact) mass is 372 g/mol. The van der Waals surface area contributed by atoms with Crippen molar-refractivity contribution in [1.29, 1.82) is 0 Å². The van der Waals surface area contributed by atoms with E-state index >= 15 is 0 Å². The number of benzene rings is 2. The van der Waals surface area contributed by atoms with Gasteiger partial charge in [-0.15, -0.1) is 0 Å². The molecule has 2 amide bonds. The van der Waals surface area contributed by atoms with E-state index in [-0.39, 0.29) is 11.8 Å². The Morgan fingerprint density at radius 2 is 1.81 bits per heavy atom. The van der Waals surface area contributed by atoms with Crippen molar-refractivity contribution in [2.45, 2.75) is 26.8 Å². The van der Waals surface area contributed by atoms with Gasteiger partial charge in [0.1, 0.15) is 18.4 Å². The lowest BCUT2D eigenvalue weighted by Crippen LogP contribution is -2.38. The maximum Gasteiger partial charge on any atom is 0.254 e. The fraction of sp³-hybridized carbons (Fsp3) is 0.300. The van der Waals surface area contributed by atoms with Crippen LogP contribution in [-0.4, -0.2) is 25.0 Å². The SMILES string of the molecule is CC(=O)N[C@@H]1C(=O)N(CCOc2ccc(Cl)cc2)c2c(C)ccc(C)c21. The van der Waals surface area contributed by atoms with Crippen molar-refractivity contribution in [2.24, 2.45) is 0 Å². The lowest BCUT2D eigenvalue weighted by Gasteiger charge is -2.20. The normalized spacial score (nSPS) is 15.8. The summed E-state index contributed by atoms with van der Waals surface area (Å²) in [5.74, 6) is 0.336. The lowest BCUT2D eigenvalue weighted by molar-refractivity contribution is -0.126. The number of halogens is 1. The molecular formula is C20H21ClN2O3. The van der Waals surface area contributed by atoms with E-state index in [1.165, 1.54) is 6.92 Å². The van der Waals surface area contributed by atoms with Crippen LogP contribution in [0.1, 0.15) is 29.7 Å². The minimum absolute atomic E-state index is 0.132. The Morgan fingerprint density at radius 3 is 2.46 bits per heavy atom. The van der Waals surface area contributed by atoms with E-state index in [1.54, 1.807) is 29.2 Å². The molecule has 26 heavy (non-hydrogen) atoms. The zero-order chi connectivity index (χ0) is 18.8. The van der Waals surface area contributed by atoms with Gasteiger partial charge in [0, 0.05) is 17.5 Å². The average molecular weight is 373 g/mol. The van der Waals surface area contributed by atoms with Crippen molar-refractivity contribution in [1.82, 2.24) is 5.32 Å². The van der Waals surface area contributed by atoms with Crippen LogP contribution in [0.4, 0.5) is 5.69 Å². The molecule has 2 aromatic rings. The number of rotatable bonds is 5. The second kappa shape index (κ2) is 7.38. The Balaban J connectivity index is 1.81. The van der Waals surface area contributed by atoms with Crippen molar-refractivity contribution < 1.29 is 14.3 Å². The van der Waals surface area contributed by atoms with Crippen LogP contribution in [0.2, 0.25) is 5.02 Å². The number of aryl methyl sites for hydroxylation is 2. The number of carbonyl (C=O) groups excluding carboxylic acids is 2. The van der Waals surface area contributed by atoms with E-state index < -0.39 is 6.04 Å². The predicted octanol–water partition coefficient (Wildman–Crippen LogP) is 3.56. The second-order valence-electron chi connectivity index (χ2n) is 6.39. The Labute approximate surface area is 157 Å². The average Bonchev–Trinajstić information content (AvgIpc) is 2.86. The maximum atomic E-state index is 12.9. The Kier molecular flexibility index (Phi) is 5.18. The molecule has 3 rings (SSSR count). The van der Waals surface area contributed by atoms with E-state index in [2.05, 4.69) is 5.32 Å². The van der Waals surface area contributed by atoms with Crippen LogP contribution < -0.4 is 15.0 Å². The third-order valence-corrected chi connectivity index (χ3v) is 4.71. The summed E-state index contributed by atoms with van der Waals surface area (Å²) >= 11 is 5.87. The Morgan fingerprint density at radius 1 is 1.15 bits per heavy atom. The molecule has 0 radical (unpaired) electrons. The zero-order valence-corrected chi connectivity index (χ0v) is 15.8. The van der Waals surface area contributed by atoms with Gasteiger partial charge in [0.25, 0.3) is 5.91 Å². The van der Waals surface area contributed by atoms with Gasteiger partial charge in [-0.25, -0.2) is 0 Å². The van der Waals surface area contributed by atoms with Crippen LogP contribution in [0, 0.1) is 13.8 Å². The number of carbonyl (C=O) groups is 2. The van der Waals surface area contributed by atoms with Gasteiger partial charge < -0.3 is 15.0 Å². The zero-order valence-electron chi connectivity index (χ0n) is 15.0. The molecular weight excluding hydrogens is 352 g/mol. The summed E-state index contributed by atoms with van der Waals surface area (Å²) in [5.41, 5.74) is 3.72. The minimum Gasteiger partial charge on any atom is -0.492 e. The summed E-state index contributed by atoms with van der Waals surface area (Å²) in [6.07, 6.45) is 0. The molecule has 1 N–H and O–H groups in total. The summed E-state index contributed by atoms with van der Waals surface area (Å²) in [6, 6.07) is 10.4. The maximum absolute atomic E-state index is 12.9. The number of anilines is 1. The van der Waals surface area contributed by atoms with Gasteiger partial charge in [0.15, 0.2) is 0 Å². The molecule has 0 bridgehead atoms. The highest BCUT2D eigenvalue weighted by Crippen LogP contribution is 2.40. The fourth-order valence-corrected chi connectivity index (χ4v) is 3.40. The van der Waals surface area contributed by atoms with Gasteiger partial charge >= 0.3 is 0 Å². The number of ether oxygens (including phenoxy) is 1. The van der Waals surface area contributed by atoms with Crippen LogP contribution in [-0.2, 0) is 9.59 Å². The topological polar surface area (TPSA) is 58.6 Å². The molecule has 6 heteroatoms. The van der Waals surface area contributed by atoms with Gasteiger partial charge in [-0.1, -0.05) is 23.7 Å². The summed E-state index contributed by atoms with van der Waals surface area (Å²) in [5, 5.41) is 3.42. The van der Waals surface area contributed by atoms with Crippen LogP contribution >= 0.6 is 11.6 Å². The molecule has 1 aliphatic rings. The van der Waals surface area contributed by atoms with E-state index in [0.717, 1.165) is 22.4 Å². The van der Waals surface area contributed by atoms with Gasteiger partial charge in [-0.2, -0.15) is 0 Å². The Hall–Kier alpha value is -2.53. The van der Waals surface area contributed by atoms with Gasteiger partial charge in [-0.3, -0.25) is 9.59 Å². The van der Waals surface area contributed by atoms with Crippen LogP contribution in [0.25, 0.3) is 0 Å². The number of amides is 2. The van der Waals surface area contributed by atoms with Crippen LogP contribution in [0.3, 0.4) is 0 Å². The number of nitrogens with zero attached hydrogens (tertiary/aromatic N) is 1. The highest BCUT2D eigenvalue weighted by Gasteiger charge is 2.39. The minimum atomic E-state index is -0.641. The smallest absolute Gasteiger partial charge is 0.254 e. The van der Waals surface area contributed by atoms with Gasteiger partial charge in [0.05, 0.1) is 12.2 Å². The van der Waals surface area contributed by atoms with Crippen molar-refractivity contribution in [3.05, 3.63) is 58.1 Å². The van der Waals surface area contributed by atoms with E-state index in [9.17, 15) is 9.59 Å². The molecule has 5 nitrogen and oxygen atoms in total. The largest absolute Gasteiger partial charge is 0.492 e. The second-order valence-corrected chi connectivity index (χ2v) is 6.82. The van der Waals surface area contributed by atoms with Crippen LogP contribution in [0.15, 0.2) is 36.4 Å². The number of nitrogens with one attached hydrogen (secondary N) is 1. The molecule has 1 aliphatic heterocycles. The van der Waals surface area contributed by atoms with Crippen molar-refractivity contribution in [3.63, 3.8) is 0 Å². The molecule has 136 valence electrons. The lowest BCUT2D eigenvalue weighted by atomic mass is 9.99. The third-order valence-electron chi connectivity index (χ3n) is 4.45. The highest BCUT2D eigenvalue weighted by atomic mass is 35.5. The molecule has 1 atom stereocenters. The van der Waals surface area contributed by atoms with Crippen LogP contribution in [0.5, 0.6) is 5.75 Å². The molecule has 0 saturated heterocycles. The highest BCUT2D eigenvalue weighted by molar-refractivity contribution is 6.30. The fourth-order valence-electron chi connectivity index (χ4n) is 3.27. The first-order chi connectivity index (χ1) is 12.4. The van der Waals surface area contributed by atoms with E-state index in [4.69, 9.17) is 16.3 Å². The summed E-state index contributed by atoms with van der Waals surface area (Å²) < 4.78 is 5.73. The number of fused-ring (bicyclic) bond motifs is 1. The number of hydrogen-bond acceptors (Lipinski definition) is 3. The molecule has 0 aliphatic carbocycles. The first-order valence-corrected chi connectivity index (χ1v) is 8.83. The van der Waals surface area contributed by atoms with Crippen molar-refractivity contribution in [3.8, 4) is 5.75 Å². The molecule has 0 aromatic heterocycles. The predicted molar refractivity (Wildman–Crippen MR) is 102 cm³/mol. The van der Waals surface area contributed by atoms with Crippen molar-refractivity contribution in [2.75, 3.05) is 18.1 Å². The third kappa shape index (κ3) is 3.53. The summed E-state index contributed by atoms with van der Waals surface area (Å²) in [7, 11) is 0. The summed E-state index contributed by atoms with van der Waals surface area (Å²) in [4.78, 5) is 26.2. The molecule has 0 unspecified atom stereocenters. The first-order valence-electron chi connectivity index (χ1n) is 8.45. The standard InChI is InChI=1S/C20H21ClN2O3/c1-12-4-5-13(2)19-17(12)18(22-14(3)24)20(25)23(19)10-11-26-16-8-6-15(21)7-9-16/h4-9,18H,10-11H2,1-3H3,(H,22,24)/t18-/m0/s1. The van der Waals surface area contributed by atoms with Gasteiger partial charge in [0.2, 0.25) is 5.91 Å². The molecule has 1 heterocycles. The van der Waals surface area contributed by atoms with E-state index in [0.29, 0.717) is 23.9 Å². The van der Waals surface area contributed by atoms with Gasteiger partial charge in [-0.05, 0) is 49.2 Å². The molecule has 0 saturated carbocycles. The summed E-state index contributed by atoms with van der Waals surface area (Å²) in [6.45, 7) is 6.08. The van der Waals surface area contributed by atoms with E-state index in [1.807, 2.05) is 26.0 Å². The molecule has 2 aromatic carbocycles. The first kappa shape index (κ1) is 18.3. The molecule has 0 fully saturated rings. The quantitative estimate of drug-likeness (QED) is 0.873.